The molecule has 4 rings (SSSR count). The van der Waals surface area contributed by atoms with Crippen LogP contribution in [0.15, 0.2) is 24.3 Å². The number of H-pyrrole nitrogens is 1. The summed E-state index contributed by atoms with van der Waals surface area (Å²) in [5, 5.41) is 8.71. The molecule has 112 valence electrons. The summed E-state index contributed by atoms with van der Waals surface area (Å²) in [6.45, 7) is 2.08. The van der Waals surface area contributed by atoms with Crippen molar-refractivity contribution in [2.75, 3.05) is 19.0 Å². The molecule has 1 N–H and O–H groups in total. The first-order valence-corrected chi connectivity index (χ1v) is 7.79. The lowest BCUT2D eigenvalue weighted by Crippen LogP contribution is -2.08. The monoisotopic (exact) mass is 292 g/mol. The van der Waals surface area contributed by atoms with Crippen molar-refractivity contribution in [3.8, 4) is 11.3 Å². The smallest absolute Gasteiger partial charge is 0.182 e. The first-order chi connectivity index (χ1) is 10.6. The molecule has 0 saturated heterocycles. The van der Waals surface area contributed by atoms with Gasteiger partial charge in [0.15, 0.2) is 5.65 Å². The molecule has 3 aromatic rings. The standard InChI is InChI=1S/C18H20N4/c1-11-16-14-5-4-6-15(14)17(19-18(16)21-20-11)12-7-9-13(10-8-12)22(2)3/h7-10H,4-6H2,1-3H3,(H,19,20,21). The molecule has 2 heterocycles. The Bertz CT molecular complexity index is 844. The molecular formula is C18H20N4. The second-order valence-corrected chi connectivity index (χ2v) is 6.26. The van der Waals surface area contributed by atoms with E-state index >= 15 is 0 Å². The Hall–Kier alpha value is -2.36. The van der Waals surface area contributed by atoms with Crippen molar-refractivity contribution in [2.45, 2.75) is 26.2 Å². The van der Waals surface area contributed by atoms with Crippen molar-refractivity contribution in [1.29, 1.82) is 0 Å². The van der Waals surface area contributed by atoms with Crippen LogP contribution in [0.3, 0.4) is 0 Å². The predicted molar refractivity (Wildman–Crippen MR) is 90.4 cm³/mol. The van der Waals surface area contributed by atoms with Gasteiger partial charge in [-0.1, -0.05) is 12.1 Å². The van der Waals surface area contributed by atoms with E-state index in [0.717, 1.165) is 29.9 Å². The van der Waals surface area contributed by atoms with E-state index in [1.165, 1.54) is 34.2 Å². The Morgan fingerprint density at radius 3 is 2.50 bits per heavy atom. The Labute approximate surface area is 130 Å². The summed E-state index contributed by atoms with van der Waals surface area (Å²) in [5.41, 5.74) is 8.35. The first-order valence-electron chi connectivity index (χ1n) is 7.79. The van der Waals surface area contributed by atoms with E-state index in [0.29, 0.717) is 0 Å². The molecular weight excluding hydrogens is 272 g/mol. The number of hydrogen-bond donors (Lipinski definition) is 1. The normalized spacial score (nSPS) is 13.6. The van der Waals surface area contributed by atoms with Gasteiger partial charge in [-0.05, 0) is 49.4 Å². The predicted octanol–water partition coefficient (Wildman–Crippen LogP) is 3.49. The number of hydrogen-bond acceptors (Lipinski definition) is 3. The molecule has 0 atom stereocenters. The summed E-state index contributed by atoms with van der Waals surface area (Å²) < 4.78 is 0. The van der Waals surface area contributed by atoms with Crippen molar-refractivity contribution in [3.63, 3.8) is 0 Å². The van der Waals surface area contributed by atoms with Crippen molar-refractivity contribution in [3.05, 3.63) is 41.1 Å². The quantitative estimate of drug-likeness (QED) is 0.786. The van der Waals surface area contributed by atoms with Gasteiger partial charge in [0.2, 0.25) is 0 Å². The van der Waals surface area contributed by atoms with Crippen LogP contribution in [0.1, 0.15) is 23.2 Å². The molecule has 4 heteroatoms. The van der Waals surface area contributed by atoms with Gasteiger partial charge in [0.05, 0.1) is 5.69 Å². The van der Waals surface area contributed by atoms with Crippen molar-refractivity contribution >= 4 is 16.7 Å². The third-order valence-corrected chi connectivity index (χ3v) is 4.61. The molecule has 0 spiro atoms. The molecule has 0 bridgehead atoms. The number of aryl methyl sites for hydroxylation is 2. The number of nitrogens with zero attached hydrogens (tertiary/aromatic N) is 3. The Morgan fingerprint density at radius 1 is 1.05 bits per heavy atom. The summed E-state index contributed by atoms with van der Waals surface area (Å²) in [6, 6.07) is 8.64. The summed E-state index contributed by atoms with van der Waals surface area (Å²) in [5.74, 6) is 0. The highest BCUT2D eigenvalue weighted by molar-refractivity contribution is 5.87. The fourth-order valence-corrected chi connectivity index (χ4v) is 3.47. The van der Waals surface area contributed by atoms with E-state index in [-0.39, 0.29) is 0 Å². The summed E-state index contributed by atoms with van der Waals surface area (Å²) >= 11 is 0. The second kappa shape index (κ2) is 4.83. The van der Waals surface area contributed by atoms with E-state index in [9.17, 15) is 0 Å². The van der Waals surface area contributed by atoms with E-state index in [2.05, 4.69) is 60.4 Å². The molecule has 0 fully saturated rings. The SMILES string of the molecule is Cc1[nH]nc2nc(-c3ccc(N(C)C)cc3)c3c(c12)CCC3. The van der Waals surface area contributed by atoms with Crippen LogP contribution in [0.4, 0.5) is 5.69 Å². The number of aromatic nitrogens is 3. The minimum absolute atomic E-state index is 0.852. The third kappa shape index (κ3) is 1.90. The highest BCUT2D eigenvalue weighted by Gasteiger charge is 2.22. The van der Waals surface area contributed by atoms with Crippen molar-refractivity contribution in [2.24, 2.45) is 0 Å². The molecule has 2 aromatic heterocycles. The minimum atomic E-state index is 0.852. The van der Waals surface area contributed by atoms with Gasteiger partial charge in [-0.2, -0.15) is 5.10 Å². The molecule has 4 nitrogen and oxygen atoms in total. The molecule has 1 aliphatic carbocycles. The van der Waals surface area contributed by atoms with Gasteiger partial charge in [-0.15, -0.1) is 0 Å². The lowest BCUT2D eigenvalue weighted by Gasteiger charge is -2.14. The number of pyridine rings is 1. The van der Waals surface area contributed by atoms with Crippen molar-refractivity contribution < 1.29 is 0 Å². The minimum Gasteiger partial charge on any atom is -0.378 e. The number of benzene rings is 1. The van der Waals surface area contributed by atoms with Gasteiger partial charge in [-0.3, -0.25) is 5.10 Å². The summed E-state index contributed by atoms with van der Waals surface area (Å²) in [6.07, 6.45) is 3.47. The van der Waals surface area contributed by atoms with E-state index in [1.807, 2.05) is 0 Å². The van der Waals surface area contributed by atoms with E-state index < -0.39 is 0 Å². The van der Waals surface area contributed by atoms with Crippen LogP contribution in [-0.2, 0) is 12.8 Å². The lowest BCUT2D eigenvalue weighted by molar-refractivity contribution is 0.912. The van der Waals surface area contributed by atoms with Gasteiger partial charge in [0.1, 0.15) is 0 Å². The zero-order valence-corrected chi connectivity index (χ0v) is 13.3. The molecule has 1 aliphatic rings. The Kier molecular flexibility index (Phi) is 2.93. The molecule has 1 aromatic carbocycles. The fraction of sp³-hybridized carbons (Fsp3) is 0.333. The van der Waals surface area contributed by atoms with Crippen LogP contribution in [-0.4, -0.2) is 29.3 Å². The van der Waals surface area contributed by atoms with Crippen LogP contribution in [0.2, 0.25) is 0 Å². The zero-order valence-electron chi connectivity index (χ0n) is 13.3. The van der Waals surface area contributed by atoms with Gasteiger partial charge in [0.25, 0.3) is 0 Å². The van der Waals surface area contributed by atoms with Crippen LogP contribution < -0.4 is 4.90 Å². The van der Waals surface area contributed by atoms with Crippen LogP contribution in [0.5, 0.6) is 0 Å². The highest BCUT2D eigenvalue weighted by Crippen LogP contribution is 2.36. The second-order valence-electron chi connectivity index (χ2n) is 6.26. The Morgan fingerprint density at radius 2 is 1.77 bits per heavy atom. The number of aromatic amines is 1. The van der Waals surface area contributed by atoms with Gasteiger partial charge >= 0.3 is 0 Å². The zero-order chi connectivity index (χ0) is 15.3. The molecule has 0 saturated carbocycles. The fourth-order valence-electron chi connectivity index (χ4n) is 3.47. The van der Waals surface area contributed by atoms with Crippen LogP contribution in [0.25, 0.3) is 22.3 Å². The van der Waals surface area contributed by atoms with Crippen LogP contribution in [0, 0.1) is 6.92 Å². The van der Waals surface area contributed by atoms with Gasteiger partial charge in [-0.25, -0.2) is 4.98 Å². The summed E-state index contributed by atoms with van der Waals surface area (Å²) in [7, 11) is 4.12. The van der Waals surface area contributed by atoms with E-state index in [1.54, 1.807) is 0 Å². The average molecular weight is 292 g/mol. The molecule has 0 radical (unpaired) electrons. The third-order valence-electron chi connectivity index (χ3n) is 4.61. The molecule has 0 amide bonds. The maximum Gasteiger partial charge on any atom is 0.182 e. The number of anilines is 1. The Balaban J connectivity index is 1.92. The number of rotatable bonds is 2. The molecule has 0 aliphatic heterocycles. The van der Waals surface area contributed by atoms with Gasteiger partial charge in [0, 0.05) is 36.4 Å². The number of nitrogens with one attached hydrogen (secondary N) is 1. The van der Waals surface area contributed by atoms with Crippen molar-refractivity contribution in [1.82, 2.24) is 15.2 Å². The highest BCUT2D eigenvalue weighted by atomic mass is 15.1. The average Bonchev–Trinajstić information content (AvgIpc) is 3.13. The maximum atomic E-state index is 4.86. The first kappa shape index (κ1) is 13.3. The topological polar surface area (TPSA) is 44.8 Å². The largest absolute Gasteiger partial charge is 0.378 e. The maximum absolute atomic E-state index is 4.86. The van der Waals surface area contributed by atoms with Crippen LogP contribution >= 0.6 is 0 Å². The van der Waals surface area contributed by atoms with Gasteiger partial charge < -0.3 is 4.90 Å². The van der Waals surface area contributed by atoms with E-state index in [4.69, 9.17) is 4.98 Å². The lowest BCUT2D eigenvalue weighted by atomic mass is 10.00. The summed E-state index contributed by atoms with van der Waals surface area (Å²) in [4.78, 5) is 6.97. The molecule has 0 unspecified atom stereocenters. The molecule has 22 heavy (non-hydrogen) atoms. The number of fused-ring (bicyclic) bond motifs is 3.